The van der Waals surface area contributed by atoms with E-state index in [1.165, 1.54) is 11.8 Å². The number of nitrogens with one attached hydrogen (secondary N) is 1. The van der Waals surface area contributed by atoms with Gasteiger partial charge in [-0.1, -0.05) is 42.5 Å². The number of ether oxygens (including phenoxy) is 3. The van der Waals surface area contributed by atoms with Crippen LogP contribution in [0.5, 0.6) is 17.2 Å². The number of hydrazone groups is 1. The Labute approximate surface area is 199 Å². The van der Waals surface area contributed by atoms with Crippen molar-refractivity contribution in [1.29, 1.82) is 0 Å². The predicted molar refractivity (Wildman–Crippen MR) is 133 cm³/mol. The Morgan fingerprint density at radius 1 is 0.970 bits per heavy atom. The molecule has 0 unspecified atom stereocenters. The van der Waals surface area contributed by atoms with E-state index in [1.54, 1.807) is 13.3 Å². The second-order valence-corrected chi connectivity index (χ2v) is 8.03. The van der Waals surface area contributed by atoms with Crippen LogP contribution in [0.1, 0.15) is 23.6 Å². The highest BCUT2D eigenvalue weighted by atomic mass is 32.2. The van der Waals surface area contributed by atoms with Gasteiger partial charge in [-0.3, -0.25) is 4.79 Å². The molecule has 0 saturated carbocycles. The average molecular weight is 465 g/mol. The molecule has 0 aliphatic rings. The second kappa shape index (κ2) is 13.2. The molecule has 7 heteroatoms. The summed E-state index contributed by atoms with van der Waals surface area (Å²) < 4.78 is 16.8. The number of hydrogen-bond acceptors (Lipinski definition) is 6. The number of thioether (sulfide) groups is 1. The molecule has 3 rings (SSSR count). The first-order chi connectivity index (χ1) is 16.2. The highest BCUT2D eigenvalue weighted by Gasteiger charge is 2.07. The summed E-state index contributed by atoms with van der Waals surface area (Å²) in [7, 11) is 1.64. The molecule has 6 nitrogen and oxygen atoms in total. The quantitative estimate of drug-likeness (QED) is 0.300. The standard InChI is InChI=1S/C26H28N2O4S/c1-3-31-25-15-22(11-14-24(25)32-17-20-7-5-4-6-8-20)16-27-28-26(29)19-33-18-21-9-12-23(30-2)13-10-21/h4-16H,3,17-19H2,1-2H3,(H,28,29)/b27-16-. The normalized spacial score (nSPS) is 10.7. The summed E-state index contributed by atoms with van der Waals surface area (Å²) in [5.41, 5.74) is 5.58. The van der Waals surface area contributed by atoms with Crippen LogP contribution < -0.4 is 19.6 Å². The van der Waals surface area contributed by atoms with Crippen LogP contribution in [0.2, 0.25) is 0 Å². The molecule has 33 heavy (non-hydrogen) atoms. The fourth-order valence-corrected chi connectivity index (χ4v) is 3.70. The van der Waals surface area contributed by atoms with E-state index in [4.69, 9.17) is 14.2 Å². The van der Waals surface area contributed by atoms with Gasteiger partial charge < -0.3 is 14.2 Å². The smallest absolute Gasteiger partial charge is 0.250 e. The molecule has 0 spiro atoms. The van der Waals surface area contributed by atoms with Gasteiger partial charge in [0.25, 0.3) is 0 Å². The number of benzene rings is 3. The fraction of sp³-hybridized carbons (Fsp3) is 0.231. The predicted octanol–water partition coefficient (Wildman–Crippen LogP) is 5.06. The van der Waals surface area contributed by atoms with Gasteiger partial charge in [0.2, 0.25) is 5.91 Å². The average Bonchev–Trinajstić information content (AvgIpc) is 2.85. The molecule has 0 aliphatic carbocycles. The maximum Gasteiger partial charge on any atom is 0.250 e. The Balaban J connectivity index is 1.47. The van der Waals surface area contributed by atoms with Crippen molar-refractivity contribution in [3.8, 4) is 17.2 Å². The van der Waals surface area contributed by atoms with Crippen LogP contribution in [0.3, 0.4) is 0 Å². The first-order valence-electron chi connectivity index (χ1n) is 10.6. The summed E-state index contributed by atoms with van der Waals surface area (Å²) in [6.07, 6.45) is 1.59. The summed E-state index contributed by atoms with van der Waals surface area (Å²) in [5.74, 6) is 3.02. The van der Waals surface area contributed by atoms with Gasteiger partial charge in [0.05, 0.1) is 25.7 Å². The lowest BCUT2D eigenvalue weighted by Crippen LogP contribution is -2.19. The molecule has 3 aromatic carbocycles. The van der Waals surface area contributed by atoms with Crippen LogP contribution in [0.25, 0.3) is 0 Å². The molecule has 3 aromatic rings. The van der Waals surface area contributed by atoms with Gasteiger partial charge in [0.15, 0.2) is 11.5 Å². The number of amides is 1. The van der Waals surface area contributed by atoms with Crippen molar-refractivity contribution in [2.45, 2.75) is 19.3 Å². The summed E-state index contributed by atoms with van der Waals surface area (Å²) in [4.78, 5) is 12.1. The summed E-state index contributed by atoms with van der Waals surface area (Å²) in [5, 5.41) is 4.06. The first kappa shape index (κ1) is 24.2. The Morgan fingerprint density at radius 3 is 2.48 bits per heavy atom. The minimum Gasteiger partial charge on any atom is -0.497 e. The second-order valence-electron chi connectivity index (χ2n) is 7.05. The van der Waals surface area contributed by atoms with E-state index in [-0.39, 0.29) is 5.91 Å². The maximum absolute atomic E-state index is 12.1. The van der Waals surface area contributed by atoms with Gasteiger partial charge in [0, 0.05) is 5.75 Å². The van der Waals surface area contributed by atoms with Gasteiger partial charge in [-0.05, 0) is 53.9 Å². The molecule has 1 N–H and O–H groups in total. The summed E-state index contributed by atoms with van der Waals surface area (Å²) in [6.45, 7) is 2.90. The fourth-order valence-electron chi connectivity index (χ4n) is 2.92. The van der Waals surface area contributed by atoms with Crippen LogP contribution in [0.4, 0.5) is 0 Å². The topological polar surface area (TPSA) is 69.2 Å². The van der Waals surface area contributed by atoms with Crippen LogP contribution >= 0.6 is 11.8 Å². The third kappa shape index (κ3) is 8.20. The number of hydrogen-bond donors (Lipinski definition) is 1. The van der Waals surface area contributed by atoms with Crippen LogP contribution in [0, 0.1) is 0 Å². The van der Waals surface area contributed by atoms with Crippen LogP contribution in [-0.2, 0) is 17.2 Å². The highest BCUT2D eigenvalue weighted by Crippen LogP contribution is 2.29. The molecule has 0 aromatic heterocycles. The molecule has 0 heterocycles. The van der Waals surface area contributed by atoms with E-state index in [0.29, 0.717) is 30.5 Å². The van der Waals surface area contributed by atoms with Gasteiger partial charge in [0.1, 0.15) is 12.4 Å². The van der Waals surface area contributed by atoms with Gasteiger partial charge in [-0.2, -0.15) is 5.10 Å². The van der Waals surface area contributed by atoms with Crippen molar-refractivity contribution >= 4 is 23.9 Å². The lowest BCUT2D eigenvalue weighted by molar-refractivity contribution is -0.118. The molecule has 0 atom stereocenters. The zero-order valence-corrected chi connectivity index (χ0v) is 19.6. The number of carbonyl (C=O) groups is 1. The lowest BCUT2D eigenvalue weighted by Gasteiger charge is -2.12. The number of nitrogens with zero attached hydrogens (tertiary/aromatic N) is 1. The molecule has 172 valence electrons. The summed E-state index contributed by atoms with van der Waals surface area (Å²) >= 11 is 1.53. The maximum atomic E-state index is 12.1. The summed E-state index contributed by atoms with van der Waals surface area (Å²) in [6, 6.07) is 23.3. The van der Waals surface area contributed by atoms with E-state index >= 15 is 0 Å². The molecule has 0 radical (unpaired) electrons. The van der Waals surface area contributed by atoms with Crippen LogP contribution in [-0.4, -0.2) is 31.6 Å². The van der Waals surface area contributed by atoms with E-state index in [2.05, 4.69) is 10.5 Å². The third-order valence-electron chi connectivity index (χ3n) is 4.57. The van der Waals surface area contributed by atoms with Gasteiger partial charge in [-0.25, -0.2) is 5.43 Å². The molecular formula is C26H28N2O4S. The molecule has 0 aliphatic heterocycles. The van der Waals surface area contributed by atoms with Crippen molar-refractivity contribution in [3.63, 3.8) is 0 Å². The minimum absolute atomic E-state index is 0.155. The zero-order valence-electron chi connectivity index (χ0n) is 18.8. The van der Waals surface area contributed by atoms with E-state index in [0.717, 1.165) is 28.2 Å². The van der Waals surface area contributed by atoms with Crippen molar-refractivity contribution < 1.29 is 19.0 Å². The Morgan fingerprint density at radius 2 is 1.76 bits per heavy atom. The lowest BCUT2D eigenvalue weighted by atomic mass is 10.2. The van der Waals surface area contributed by atoms with Crippen molar-refractivity contribution in [2.24, 2.45) is 5.10 Å². The SMILES string of the molecule is CCOc1cc(/C=N\NC(=O)CSCc2ccc(OC)cc2)ccc1OCc1ccccc1. The zero-order chi connectivity index (χ0) is 23.3. The molecule has 0 bridgehead atoms. The molecule has 0 saturated heterocycles. The molecular weight excluding hydrogens is 436 g/mol. The van der Waals surface area contributed by atoms with E-state index < -0.39 is 0 Å². The first-order valence-corrected chi connectivity index (χ1v) is 11.8. The monoisotopic (exact) mass is 464 g/mol. The minimum atomic E-state index is -0.155. The Kier molecular flexibility index (Phi) is 9.66. The number of carbonyl (C=O) groups excluding carboxylic acids is 1. The van der Waals surface area contributed by atoms with Crippen molar-refractivity contribution in [2.75, 3.05) is 19.5 Å². The third-order valence-corrected chi connectivity index (χ3v) is 5.57. The van der Waals surface area contributed by atoms with E-state index in [1.807, 2.05) is 79.7 Å². The largest absolute Gasteiger partial charge is 0.497 e. The van der Waals surface area contributed by atoms with Gasteiger partial charge >= 0.3 is 0 Å². The number of methoxy groups -OCH3 is 1. The molecule has 0 fully saturated rings. The highest BCUT2D eigenvalue weighted by molar-refractivity contribution is 7.99. The van der Waals surface area contributed by atoms with Gasteiger partial charge in [-0.15, -0.1) is 11.8 Å². The van der Waals surface area contributed by atoms with Crippen molar-refractivity contribution in [3.05, 3.63) is 89.5 Å². The Hall–Kier alpha value is -3.45. The Bertz CT molecular complexity index is 1040. The van der Waals surface area contributed by atoms with E-state index in [9.17, 15) is 4.79 Å². The molecule has 1 amide bonds. The van der Waals surface area contributed by atoms with Crippen LogP contribution in [0.15, 0.2) is 77.9 Å². The number of rotatable bonds is 12. The van der Waals surface area contributed by atoms with Crippen molar-refractivity contribution in [1.82, 2.24) is 5.43 Å².